The van der Waals surface area contributed by atoms with Crippen LogP contribution in [0.4, 0.5) is 0 Å². The lowest BCUT2D eigenvalue weighted by molar-refractivity contribution is 0.156. The molecule has 2 atom stereocenters. The molecular weight excluding hydrogens is 104 g/mol. The van der Waals surface area contributed by atoms with Crippen LogP contribution in [0.3, 0.4) is 0 Å². The Morgan fingerprint density at radius 2 is 2.25 bits per heavy atom. The fourth-order valence-electron chi connectivity index (χ4n) is 0.779. The topological polar surface area (TPSA) is 18.5 Å². The molecule has 1 rings (SSSR count). The van der Waals surface area contributed by atoms with Crippen LogP contribution in [0.15, 0.2) is 0 Å². The molecule has 1 radical (unpaired) electrons. The Hall–Kier alpha value is -0.0800. The van der Waals surface area contributed by atoms with E-state index < -0.39 is 0 Å². The second-order valence-electron chi connectivity index (χ2n) is 2.05. The summed E-state index contributed by atoms with van der Waals surface area (Å²) in [4.78, 5) is 0. The van der Waals surface area contributed by atoms with Crippen LogP contribution in [0.5, 0.6) is 0 Å². The summed E-state index contributed by atoms with van der Waals surface area (Å²) in [6.07, 6.45) is 1.57. The zero-order valence-electron chi connectivity index (χ0n) is 5.26. The van der Waals surface area contributed by atoms with Gasteiger partial charge < -0.3 is 9.47 Å². The van der Waals surface area contributed by atoms with Gasteiger partial charge in [0.15, 0.2) is 0 Å². The molecular formula is C6H11O2. The molecule has 0 amide bonds. The van der Waals surface area contributed by atoms with Gasteiger partial charge in [-0.1, -0.05) is 0 Å². The molecule has 0 aromatic carbocycles. The molecule has 0 bridgehead atoms. The van der Waals surface area contributed by atoms with E-state index in [1.54, 1.807) is 14.2 Å². The molecule has 2 unspecified atom stereocenters. The average Bonchev–Trinajstić information content (AvgIpc) is 2.48. The molecule has 47 valence electrons. The van der Waals surface area contributed by atoms with Crippen molar-refractivity contribution in [2.75, 3.05) is 14.2 Å². The predicted molar refractivity (Wildman–Crippen MR) is 30.2 cm³/mol. The summed E-state index contributed by atoms with van der Waals surface area (Å²) in [6.45, 7) is 1.83. The fourth-order valence-corrected chi connectivity index (χ4v) is 0.779. The molecule has 1 saturated carbocycles. The van der Waals surface area contributed by atoms with E-state index in [1.807, 2.05) is 6.61 Å². The maximum absolute atomic E-state index is 5.02. The van der Waals surface area contributed by atoms with E-state index in [0.29, 0.717) is 12.0 Å². The van der Waals surface area contributed by atoms with Crippen LogP contribution in [0.25, 0.3) is 0 Å². The van der Waals surface area contributed by atoms with Crippen molar-refractivity contribution in [3.8, 4) is 0 Å². The van der Waals surface area contributed by atoms with Gasteiger partial charge in [-0.05, 0) is 6.42 Å². The van der Waals surface area contributed by atoms with Gasteiger partial charge in [0.25, 0.3) is 0 Å². The molecule has 1 aliphatic rings. The van der Waals surface area contributed by atoms with Crippen molar-refractivity contribution in [1.82, 2.24) is 0 Å². The Morgan fingerprint density at radius 3 is 2.62 bits per heavy atom. The van der Waals surface area contributed by atoms with Crippen LogP contribution in [0.2, 0.25) is 0 Å². The summed E-state index contributed by atoms with van der Waals surface area (Å²) < 4.78 is 9.81. The second kappa shape index (κ2) is 2.46. The van der Waals surface area contributed by atoms with Crippen molar-refractivity contribution in [1.29, 1.82) is 0 Å². The molecule has 0 saturated heterocycles. The molecule has 0 N–H and O–H groups in total. The first-order valence-electron chi connectivity index (χ1n) is 2.77. The summed E-state index contributed by atoms with van der Waals surface area (Å²) in [5.74, 6) is 0.560. The molecule has 2 nitrogen and oxygen atoms in total. The quantitative estimate of drug-likeness (QED) is 0.542. The van der Waals surface area contributed by atoms with Crippen LogP contribution >= 0.6 is 0 Å². The number of hydrogen-bond donors (Lipinski definition) is 0. The fraction of sp³-hybridized carbons (Fsp3) is 0.833. The van der Waals surface area contributed by atoms with E-state index in [0.717, 1.165) is 6.42 Å². The predicted octanol–water partition coefficient (Wildman–Crippen LogP) is 0.829. The highest BCUT2D eigenvalue weighted by Crippen LogP contribution is 2.35. The molecule has 0 spiro atoms. The van der Waals surface area contributed by atoms with Crippen molar-refractivity contribution in [3.05, 3.63) is 6.61 Å². The number of rotatable bonds is 3. The Labute approximate surface area is 49.8 Å². The number of methoxy groups -OCH3 is 2. The van der Waals surface area contributed by atoms with Gasteiger partial charge in [-0.25, -0.2) is 0 Å². The van der Waals surface area contributed by atoms with E-state index in [9.17, 15) is 0 Å². The minimum atomic E-state index is 0.440. The smallest absolute Gasteiger partial charge is 0.0890 e. The van der Waals surface area contributed by atoms with Crippen LogP contribution in [0.1, 0.15) is 6.42 Å². The SMILES string of the molecule is CO[CH]C1CC1OC. The molecule has 8 heavy (non-hydrogen) atoms. The van der Waals surface area contributed by atoms with Gasteiger partial charge in [0.2, 0.25) is 0 Å². The molecule has 0 heterocycles. The van der Waals surface area contributed by atoms with Crippen LogP contribution in [0, 0.1) is 12.5 Å². The standard InChI is InChI=1S/C6H11O2/c1-7-4-5-3-6(5)8-2/h4-6H,3H2,1-2H3. The maximum Gasteiger partial charge on any atom is 0.0890 e. The van der Waals surface area contributed by atoms with Crippen molar-refractivity contribution >= 4 is 0 Å². The zero-order chi connectivity index (χ0) is 5.98. The van der Waals surface area contributed by atoms with Crippen molar-refractivity contribution in [2.45, 2.75) is 12.5 Å². The lowest BCUT2D eigenvalue weighted by Gasteiger charge is -1.92. The van der Waals surface area contributed by atoms with Gasteiger partial charge in [0.05, 0.1) is 12.7 Å². The maximum atomic E-state index is 5.02. The first-order valence-corrected chi connectivity index (χ1v) is 2.77. The molecule has 0 aromatic rings. The highest BCUT2D eigenvalue weighted by molar-refractivity contribution is 4.92. The van der Waals surface area contributed by atoms with Gasteiger partial charge in [-0.3, -0.25) is 0 Å². The largest absolute Gasteiger partial charge is 0.381 e. The second-order valence-corrected chi connectivity index (χ2v) is 2.05. The van der Waals surface area contributed by atoms with E-state index in [-0.39, 0.29) is 0 Å². The van der Waals surface area contributed by atoms with Gasteiger partial charge >= 0.3 is 0 Å². The highest BCUT2D eigenvalue weighted by atomic mass is 16.5. The Morgan fingerprint density at radius 1 is 1.50 bits per heavy atom. The first kappa shape index (κ1) is 6.05. The van der Waals surface area contributed by atoms with Gasteiger partial charge in [-0.2, -0.15) is 0 Å². The van der Waals surface area contributed by atoms with Gasteiger partial charge in [0.1, 0.15) is 0 Å². The van der Waals surface area contributed by atoms with Crippen molar-refractivity contribution < 1.29 is 9.47 Å². The van der Waals surface area contributed by atoms with Crippen LogP contribution < -0.4 is 0 Å². The first-order chi connectivity index (χ1) is 3.88. The Bertz CT molecular complexity index is 72.9. The zero-order valence-corrected chi connectivity index (χ0v) is 5.26. The summed E-state index contributed by atoms with van der Waals surface area (Å²) in [5.41, 5.74) is 0. The van der Waals surface area contributed by atoms with E-state index in [4.69, 9.17) is 9.47 Å². The molecule has 1 fully saturated rings. The lowest BCUT2D eigenvalue weighted by atomic mass is 10.5. The van der Waals surface area contributed by atoms with Crippen LogP contribution in [-0.2, 0) is 9.47 Å². The number of hydrogen-bond acceptors (Lipinski definition) is 2. The van der Waals surface area contributed by atoms with E-state index >= 15 is 0 Å². The monoisotopic (exact) mass is 115 g/mol. The third kappa shape index (κ3) is 1.20. The average molecular weight is 115 g/mol. The normalized spacial score (nSPS) is 35.2. The molecule has 0 aliphatic heterocycles. The highest BCUT2D eigenvalue weighted by Gasteiger charge is 2.37. The van der Waals surface area contributed by atoms with Crippen molar-refractivity contribution in [3.63, 3.8) is 0 Å². The number of ether oxygens (including phenoxy) is 2. The molecule has 0 aromatic heterocycles. The van der Waals surface area contributed by atoms with Crippen molar-refractivity contribution in [2.24, 2.45) is 5.92 Å². The van der Waals surface area contributed by atoms with E-state index in [2.05, 4.69) is 0 Å². The minimum Gasteiger partial charge on any atom is -0.381 e. The van der Waals surface area contributed by atoms with E-state index in [1.165, 1.54) is 0 Å². The van der Waals surface area contributed by atoms with Gasteiger partial charge in [0, 0.05) is 20.1 Å². The summed E-state index contributed by atoms with van der Waals surface area (Å²) in [5, 5.41) is 0. The lowest BCUT2D eigenvalue weighted by Crippen LogP contribution is -1.92. The van der Waals surface area contributed by atoms with Gasteiger partial charge in [-0.15, -0.1) is 0 Å². The Balaban J connectivity index is 1.99. The third-order valence-corrected chi connectivity index (χ3v) is 1.39. The Kier molecular flexibility index (Phi) is 1.86. The molecule has 2 heteroatoms. The van der Waals surface area contributed by atoms with Crippen LogP contribution in [-0.4, -0.2) is 20.3 Å². The minimum absolute atomic E-state index is 0.440. The molecule has 1 aliphatic carbocycles. The summed E-state index contributed by atoms with van der Waals surface area (Å²) >= 11 is 0. The third-order valence-electron chi connectivity index (χ3n) is 1.39. The summed E-state index contributed by atoms with van der Waals surface area (Å²) in [7, 11) is 3.40. The summed E-state index contributed by atoms with van der Waals surface area (Å²) in [6, 6.07) is 0.